The van der Waals surface area contributed by atoms with Gasteiger partial charge in [-0.3, -0.25) is 0 Å². The van der Waals surface area contributed by atoms with Crippen LogP contribution in [0.3, 0.4) is 0 Å². The van der Waals surface area contributed by atoms with Crippen LogP contribution in [-0.4, -0.2) is 5.11 Å². The van der Waals surface area contributed by atoms with E-state index in [1.54, 1.807) is 6.07 Å². The Hall–Kier alpha value is -1.41. The molecule has 0 amide bonds. The molecular weight excluding hydrogens is 336 g/mol. The Morgan fingerprint density at radius 3 is 1.92 bits per heavy atom. The number of hydrogen-bond donors (Lipinski definition) is 2. The Kier molecular flexibility index (Phi) is 9.70. The number of hydrogen-bond acceptors (Lipinski definition) is 2. The van der Waals surface area contributed by atoms with E-state index in [4.69, 9.17) is 0 Å². The second-order valence-corrected chi connectivity index (χ2v) is 7.74. The van der Waals surface area contributed by atoms with Crippen molar-refractivity contribution in [1.29, 1.82) is 0 Å². The summed E-state index contributed by atoms with van der Waals surface area (Å²) in [5, 5.41) is 10.4. The largest absolute Gasteiger partial charge is 0.507 e. The van der Waals surface area contributed by atoms with Crippen LogP contribution in [0.5, 0.6) is 5.75 Å². The highest BCUT2D eigenvalue weighted by Gasteiger charge is 2.13. The molecule has 26 heavy (non-hydrogen) atoms. The van der Waals surface area contributed by atoms with Gasteiger partial charge in [-0.05, 0) is 36.1 Å². The summed E-state index contributed by atoms with van der Waals surface area (Å²) in [5.74, 6) is 0.357. The summed E-state index contributed by atoms with van der Waals surface area (Å²) in [6.07, 6.45) is 14.4. The van der Waals surface area contributed by atoms with Gasteiger partial charge in [0, 0.05) is 10.5 Å². The summed E-state index contributed by atoms with van der Waals surface area (Å²) in [7, 11) is 0. The maximum atomic E-state index is 10.4. The second kappa shape index (κ2) is 12.1. The van der Waals surface area contributed by atoms with Crippen molar-refractivity contribution >= 4 is 12.6 Å². The minimum atomic E-state index is 0.357. The second-order valence-electron chi connectivity index (χ2n) is 7.26. The summed E-state index contributed by atoms with van der Waals surface area (Å²) in [6, 6.07) is 13.8. The van der Waals surface area contributed by atoms with E-state index in [1.165, 1.54) is 63.4 Å². The molecule has 0 saturated carbocycles. The average molecular weight is 371 g/mol. The number of rotatable bonds is 12. The van der Waals surface area contributed by atoms with Crippen LogP contribution in [0.1, 0.15) is 76.7 Å². The maximum absolute atomic E-state index is 10.4. The van der Waals surface area contributed by atoms with Crippen molar-refractivity contribution in [2.45, 2.75) is 82.4 Å². The van der Waals surface area contributed by atoms with Gasteiger partial charge in [0.25, 0.3) is 0 Å². The summed E-state index contributed by atoms with van der Waals surface area (Å²) >= 11 is 4.65. The fraction of sp³-hybridized carbons (Fsp3) is 0.500. The smallest absolute Gasteiger partial charge is 0.123 e. The molecule has 142 valence electrons. The van der Waals surface area contributed by atoms with Gasteiger partial charge in [0.05, 0.1) is 0 Å². The normalized spacial score (nSPS) is 11.0. The molecule has 0 aliphatic heterocycles. The average Bonchev–Trinajstić information content (AvgIpc) is 2.66. The minimum absolute atomic E-state index is 0.357. The molecule has 0 aromatic heterocycles. The Labute approximate surface area is 165 Å². The van der Waals surface area contributed by atoms with Crippen molar-refractivity contribution in [3.8, 4) is 16.9 Å². The number of unbranched alkanes of at least 4 members (excludes halogenated alkanes) is 9. The molecule has 0 atom stereocenters. The van der Waals surface area contributed by atoms with Gasteiger partial charge in [-0.1, -0.05) is 95.0 Å². The van der Waals surface area contributed by atoms with Crippen LogP contribution in [-0.2, 0) is 6.42 Å². The Bertz CT molecular complexity index is 636. The molecule has 0 spiro atoms. The lowest BCUT2D eigenvalue weighted by Crippen LogP contribution is -1.94. The fourth-order valence-electron chi connectivity index (χ4n) is 3.59. The van der Waals surface area contributed by atoms with Crippen LogP contribution in [0, 0.1) is 0 Å². The Balaban J connectivity index is 1.80. The number of aromatic hydroxyl groups is 1. The number of thiol groups is 1. The maximum Gasteiger partial charge on any atom is 0.123 e. The van der Waals surface area contributed by atoms with E-state index in [-0.39, 0.29) is 0 Å². The van der Waals surface area contributed by atoms with Crippen molar-refractivity contribution in [3.05, 3.63) is 48.0 Å². The van der Waals surface area contributed by atoms with Crippen molar-refractivity contribution in [3.63, 3.8) is 0 Å². The van der Waals surface area contributed by atoms with E-state index in [0.29, 0.717) is 5.75 Å². The Morgan fingerprint density at radius 1 is 0.731 bits per heavy atom. The molecule has 0 radical (unpaired) electrons. The first kappa shape index (κ1) is 20.9. The van der Waals surface area contributed by atoms with Gasteiger partial charge < -0.3 is 5.11 Å². The van der Waals surface area contributed by atoms with E-state index in [0.717, 1.165) is 28.9 Å². The monoisotopic (exact) mass is 370 g/mol. The molecule has 2 aromatic carbocycles. The number of benzene rings is 2. The van der Waals surface area contributed by atoms with Gasteiger partial charge >= 0.3 is 0 Å². The van der Waals surface area contributed by atoms with Crippen molar-refractivity contribution in [1.82, 2.24) is 0 Å². The third-order valence-corrected chi connectivity index (χ3v) is 5.53. The molecule has 0 unspecified atom stereocenters. The van der Waals surface area contributed by atoms with Gasteiger partial charge in [-0.25, -0.2) is 0 Å². The summed E-state index contributed by atoms with van der Waals surface area (Å²) in [6.45, 7) is 2.27. The molecule has 0 saturated heterocycles. The zero-order valence-electron chi connectivity index (χ0n) is 16.2. The predicted molar refractivity (Wildman–Crippen MR) is 116 cm³/mol. The topological polar surface area (TPSA) is 20.2 Å². The lowest BCUT2D eigenvalue weighted by atomic mass is 9.94. The highest BCUT2D eigenvalue weighted by atomic mass is 32.1. The molecule has 0 fully saturated rings. The highest BCUT2D eigenvalue weighted by molar-refractivity contribution is 7.80. The molecule has 1 N–H and O–H groups in total. The van der Waals surface area contributed by atoms with Crippen LogP contribution in [0.15, 0.2) is 47.4 Å². The summed E-state index contributed by atoms with van der Waals surface area (Å²) < 4.78 is 0. The van der Waals surface area contributed by atoms with Crippen molar-refractivity contribution in [2.24, 2.45) is 0 Å². The van der Waals surface area contributed by atoms with E-state index in [2.05, 4.69) is 31.7 Å². The number of phenolic OH excluding ortho intramolecular Hbond substituents is 1. The first-order valence-electron chi connectivity index (χ1n) is 10.3. The molecule has 0 aliphatic rings. The zero-order valence-corrected chi connectivity index (χ0v) is 17.1. The van der Waals surface area contributed by atoms with Gasteiger partial charge in [0.2, 0.25) is 0 Å². The zero-order chi connectivity index (χ0) is 18.6. The van der Waals surface area contributed by atoms with Crippen molar-refractivity contribution < 1.29 is 5.11 Å². The third-order valence-electron chi connectivity index (χ3n) is 5.11. The molecule has 2 rings (SSSR count). The number of phenols is 1. The highest BCUT2D eigenvalue weighted by Crippen LogP contribution is 2.37. The molecule has 1 nitrogen and oxygen atoms in total. The van der Waals surface area contributed by atoms with Gasteiger partial charge in [0.15, 0.2) is 0 Å². The third kappa shape index (κ3) is 6.72. The summed E-state index contributed by atoms with van der Waals surface area (Å²) in [5.41, 5.74) is 3.20. The van der Waals surface area contributed by atoms with Crippen LogP contribution in [0.25, 0.3) is 11.1 Å². The SMILES string of the molecule is CCCCCCCCCCCCc1c(S)ccc(O)c1-c1ccccc1. The van der Waals surface area contributed by atoms with Gasteiger partial charge in [0.1, 0.15) is 5.75 Å². The molecule has 0 aliphatic carbocycles. The lowest BCUT2D eigenvalue weighted by molar-refractivity contribution is 0.475. The van der Waals surface area contributed by atoms with E-state index in [9.17, 15) is 5.11 Å². The molecular formula is C24H34OS. The molecule has 0 heterocycles. The lowest BCUT2D eigenvalue weighted by Gasteiger charge is -2.14. The van der Waals surface area contributed by atoms with Crippen molar-refractivity contribution in [2.75, 3.05) is 0 Å². The fourth-order valence-corrected chi connectivity index (χ4v) is 3.89. The van der Waals surface area contributed by atoms with Crippen LogP contribution in [0.2, 0.25) is 0 Å². The standard InChI is InChI=1S/C24H34OS/c1-2-3-4-5-6-7-8-9-10-14-17-21-23(26)19-18-22(25)24(21)20-15-12-11-13-16-20/h11-13,15-16,18-19,25-26H,2-10,14,17H2,1H3. The van der Waals surface area contributed by atoms with Gasteiger partial charge in [-0.15, -0.1) is 12.6 Å². The van der Waals surface area contributed by atoms with Crippen LogP contribution >= 0.6 is 12.6 Å². The molecule has 2 aromatic rings. The predicted octanol–water partition coefficient (Wildman–Crippen LogP) is 7.81. The van der Waals surface area contributed by atoms with E-state index >= 15 is 0 Å². The molecule has 2 heteroatoms. The Morgan fingerprint density at radius 2 is 1.31 bits per heavy atom. The van der Waals surface area contributed by atoms with E-state index in [1.807, 2.05) is 24.3 Å². The van der Waals surface area contributed by atoms with Gasteiger partial charge in [-0.2, -0.15) is 0 Å². The first-order chi connectivity index (χ1) is 12.7. The first-order valence-corrected chi connectivity index (χ1v) is 10.8. The molecule has 0 bridgehead atoms. The minimum Gasteiger partial charge on any atom is -0.507 e. The summed E-state index contributed by atoms with van der Waals surface area (Å²) in [4.78, 5) is 0.984. The van der Waals surface area contributed by atoms with Crippen LogP contribution < -0.4 is 0 Å². The van der Waals surface area contributed by atoms with Crippen LogP contribution in [0.4, 0.5) is 0 Å². The quantitative estimate of drug-likeness (QED) is 0.288. The van der Waals surface area contributed by atoms with E-state index < -0.39 is 0 Å².